The third-order valence-electron chi connectivity index (χ3n) is 5.61. The monoisotopic (exact) mass is 545 g/mol. The number of benzene rings is 2. The number of aromatic amines is 1. The molecule has 1 saturated heterocycles. The van der Waals surface area contributed by atoms with Crippen molar-refractivity contribution in [3.8, 4) is 5.88 Å². The second-order valence-electron chi connectivity index (χ2n) is 8.01. The number of halogens is 2. The van der Waals surface area contributed by atoms with Gasteiger partial charge in [0.15, 0.2) is 0 Å². The van der Waals surface area contributed by atoms with Crippen molar-refractivity contribution in [3.63, 3.8) is 0 Å². The van der Waals surface area contributed by atoms with Crippen LogP contribution in [0, 0.1) is 0 Å². The van der Waals surface area contributed by atoms with E-state index in [4.69, 9.17) is 16.3 Å². The molecule has 1 fully saturated rings. The number of rotatable bonds is 7. The first kappa shape index (κ1) is 24.3. The Bertz CT molecular complexity index is 1130. The zero-order chi connectivity index (χ0) is 23.9. The molecule has 10 heteroatoms. The number of ether oxygens (including phenoxy) is 1. The third kappa shape index (κ3) is 6.16. The number of anilines is 1. The van der Waals surface area contributed by atoms with Gasteiger partial charge in [0, 0.05) is 6.54 Å². The molecule has 8 nitrogen and oxygen atoms in total. The number of likely N-dealkylation sites (tertiary alicyclic amines) is 1. The number of aromatic nitrogens is 2. The highest BCUT2D eigenvalue weighted by atomic mass is 79.9. The Morgan fingerprint density at radius 1 is 1.09 bits per heavy atom. The van der Waals surface area contributed by atoms with Gasteiger partial charge in [-0.15, -0.1) is 5.10 Å². The van der Waals surface area contributed by atoms with E-state index < -0.39 is 12.0 Å². The van der Waals surface area contributed by atoms with E-state index in [1.165, 1.54) is 6.42 Å². The van der Waals surface area contributed by atoms with Gasteiger partial charge in [0.05, 0.1) is 16.6 Å². The number of hydrogen-bond donors (Lipinski definition) is 3. The fraction of sp³-hybridized carbons (Fsp3) is 0.292. The topological polar surface area (TPSA) is 99.3 Å². The van der Waals surface area contributed by atoms with Gasteiger partial charge in [0.25, 0.3) is 11.8 Å². The Morgan fingerprint density at radius 3 is 2.53 bits per heavy atom. The van der Waals surface area contributed by atoms with Crippen molar-refractivity contribution in [3.05, 3.63) is 75.2 Å². The third-order valence-corrected chi connectivity index (χ3v) is 6.67. The molecule has 34 heavy (non-hydrogen) atoms. The Labute approximate surface area is 211 Å². The number of piperidine rings is 1. The van der Waals surface area contributed by atoms with Crippen LogP contribution in [-0.4, -0.2) is 46.7 Å². The quantitative estimate of drug-likeness (QED) is 0.369. The van der Waals surface area contributed by atoms with Crippen molar-refractivity contribution in [1.82, 2.24) is 20.4 Å². The summed E-state index contributed by atoms with van der Waals surface area (Å²) < 4.78 is 5.76. The molecule has 0 radical (unpaired) electrons. The number of amides is 2. The fourth-order valence-electron chi connectivity index (χ4n) is 3.87. The Balaban J connectivity index is 1.41. The first-order valence-corrected chi connectivity index (χ1v) is 12.2. The second kappa shape index (κ2) is 11.5. The lowest BCUT2D eigenvalue weighted by molar-refractivity contribution is 0.102. The van der Waals surface area contributed by atoms with Gasteiger partial charge in [0.1, 0.15) is 10.3 Å². The molecule has 0 aliphatic carbocycles. The average molecular weight is 547 g/mol. The standard InChI is InChI=1S/C24H25BrClN5O3/c25-20-21(28-22(32)17-11-5-6-12-18(17)26)29-30-23(20)34-24(33)27-19(16-9-3-1-4-10-16)15-31-13-7-2-8-14-31/h1,3-6,9-12,19H,2,7-8,13-15H2,(H,27,33)(H2,28,29,30,32)/t19-/m0/s1. The van der Waals surface area contributed by atoms with Gasteiger partial charge in [-0.3, -0.25) is 9.89 Å². The van der Waals surface area contributed by atoms with E-state index >= 15 is 0 Å². The van der Waals surface area contributed by atoms with Crippen molar-refractivity contribution >= 4 is 45.3 Å². The lowest BCUT2D eigenvalue weighted by atomic mass is 10.0. The van der Waals surface area contributed by atoms with Gasteiger partial charge >= 0.3 is 6.09 Å². The van der Waals surface area contributed by atoms with Crippen LogP contribution in [0.4, 0.5) is 10.6 Å². The summed E-state index contributed by atoms with van der Waals surface area (Å²) in [6.07, 6.45) is 2.93. The lowest BCUT2D eigenvalue weighted by Crippen LogP contribution is -2.41. The van der Waals surface area contributed by atoms with Crippen LogP contribution in [0.3, 0.4) is 0 Å². The summed E-state index contributed by atoms with van der Waals surface area (Å²) in [4.78, 5) is 27.6. The Morgan fingerprint density at radius 2 is 1.79 bits per heavy atom. The number of hydrogen-bond acceptors (Lipinski definition) is 5. The molecule has 1 aromatic heterocycles. The highest BCUT2D eigenvalue weighted by molar-refractivity contribution is 9.10. The van der Waals surface area contributed by atoms with Crippen LogP contribution in [0.25, 0.3) is 0 Å². The van der Waals surface area contributed by atoms with E-state index in [9.17, 15) is 9.59 Å². The molecule has 0 spiro atoms. The molecule has 4 rings (SSSR count). The van der Waals surface area contributed by atoms with E-state index in [1.54, 1.807) is 24.3 Å². The van der Waals surface area contributed by atoms with Gasteiger partial charge in [-0.25, -0.2) is 4.79 Å². The zero-order valence-corrected chi connectivity index (χ0v) is 20.7. The predicted molar refractivity (Wildman–Crippen MR) is 134 cm³/mol. The Hall–Kier alpha value is -2.88. The molecular weight excluding hydrogens is 522 g/mol. The fourth-order valence-corrected chi connectivity index (χ4v) is 4.45. The summed E-state index contributed by atoms with van der Waals surface area (Å²) in [6, 6.07) is 16.3. The van der Waals surface area contributed by atoms with E-state index in [0.717, 1.165) is 31.5 Å². The van der Waals surface area contributed by atoms with E-state index in [-0.39, 0.29) is 17.7 Å². The number of nitrogens with zero attached hydrogens (tertiary/aromatic N) is 2. The molecule has 178 valence electrons. The maximum Gasteiger partial charge on any atom is 0.414 e. The largest absolute Gasteiger partial charge is 0.414 e. The van der Waals surface area contributed by atoms with Crippen LogP contribution in [0.15, 0.2) is 59.1 Å². The van der Waals surface area contributed by atoms with Gasteiger partial charge in [-0.2, -0.15) is 0 Å². The molecule has 3 aromatic rings. The molecule has 0 bridgehead atoms. The number of carbonyl (C=O) groups excluding carboxylic acids is 2. The van der Waals surface area contributed by atoms with Crippen molar-refractivity contribution in [2.75, 3.05) is 25.0 Å². The van der Waals surface area contributed by atoms with Gasteiger partial charge in [-0.1, -0.05) is 60.5 Å². The molecule has 1 atom stereocenters. The summed E-state index contributed by atoms with van der Waals surface area (Å²) in [6.45, 7) is 2.72. The van der Waals surface area contributed by atoms with Crippen molar-refractivity contribution in [2.24, 2.45) is 0 Å². The van der Waals surface area contributed by atoms with Gasteiger partial charge in [-0.05, 0) is 59.6 Å². The van der Waals surface area contributed by atoms with Crippen LogP contribution in [0.2, 0.25) is 5.02 Å². The first-order chi connectivity index (χ1) is 16.5. The molecule has 1 aliphatic rings. The maximum atomic E-state index is 12.8. The van der Waals surface area contributed by atoms with Crippen LogP contribution >= 0.6 is 27.5 Å². The zero-order valence-electron chi connectivity index (χ0n) is 18.4. The minimum atomic E-state index is -0.637. The summed E-state index contributed by atoms with van der Waals surface area (Å²) >= 11 is 9.42. The molecule has 0 saturated carbocycles. The minimum Gasteiger partial charge on any atom is -0.388 e. The van der Waals surface area contributed by atoms with Crippen molar-refractivity contribution in [1.29, 1.82) is 0 Å². The van der Waals surface area contributed by atoms with Crippen LogP contribution in [0.1, 0.15) is 41.2 Å². The molecule has 0 unspecified atom stereocenters. The average Bonchev–Trinajstić information content (AvgIpc) is 3.18. The molecule has 2 heterocycles. The molecule has 3 N–H and O–H groups in total. The highest BCUT2D eigenvalue weighted by Crippen LogP contribution is 2.31. The van der Waals surface area contributed by atoms with E-state index in [1.807, 2.05) is 30.3 Å². The smallest absolute Gasteiger partial charge is 0.388 e. The lowest BCUT2D eigenvalue weighted by Gasteiger charge is -2.30. The second-order valence-corrected chi connectivity index (χ2v) is 9.21. The predicted octanol–water partition coefficient (Wildman–Crippen LogP) is 5.39. The minimum absolute atomic E-state index is 0.0109. The normalized spacial score (nSPS) is 14.9. The number of nitrogens with one attached hydrogen (secondary N) is 3. The van der Waals surface area contributed by atoms with Crippen molar-refractivity contribution in [2.45, 2.75) is 25.3 Å². The van der Waals surface area contributed by atoms with Crippen molar-refractivity contribution < 1.29 is 14.3 Å². The summed E-state index contributed by atoms with van der Waals surface area (Å²) in [5.41, 5.74) is 1.31. The van der Waals surface area contributed by atoms with Gasteiger partial charge < -0.3 is 20.3 Å². The molecule has 1 aliphatic heterocycles. The summed E-state index contributed by atoms with van der Waals surface area (Å²) in [5.74, 6) is -0.158. The first-order valence-electron chi connectivity index (χ1n) is 11.1. The highest BCUT2D eigenvalue weighted by Gasteiger charge is 2.23. The molecule has 2 amide bonds. The van der Waals surface area contributed by atoms with E-state index in [2.05, 4.69) is 41.7 Å². The van der Waals surface area contributed by atoms with E-state index in [0.29, 0.717) is 21.6 Å². The summed E-state index contributed by atoms with van der Waals surface area (Å²) in [5, 5.41) is 12.6. The number of H-pyrrole nitrogens is 1. The number of carbonyl (C=O) groups is 2. The summed E-state index contributed by atoms with van der Waals surface area (Å²) in [7, 11) is 0. The molecular formula is C24H25BrClN5O3. The van der Waals surface area contributed by atoms with Crippen LogP contribution < -0.4 is 15.4 Å². The van der Waals surface area contributed by atoms with Gasteiger partial charge in [0.2, 0.25) is 0 Å². The van der Waals surface area contributed by atoms with Crippen LogP contribution in [0.5, 0.6) is 5.88 Å². The Kier molecular flexibility index (Phi) is 8.21. The van der Waals surface area contributed by atoms with Crippen LogP contribution in [-0.2, 0) is 0 Å². The maximum absolute atomic E-state index is 12.8. The SMILES string of the molecule is O=C(N[C@@H](CN1CCCCC1)c1ccccc1)Oc1n[nH]c(NC(=O)c2ccccc2Cl)c1Br. The molecule has 2 aromatic carbocycles.